The molecule has 1 saturated heterocycles. The third kappa shape index (κ3) is 3.60. The Kier molecular flexibility index (Phi) is 5.22. The highest BCUT2D eigenvalue weighted by Gasteiger charge is 2.22. The van der Waals surface area contributed by atoms with Crippen LogP contribution in [0.25, 0.3) is 33.2 Å². The van der Waals surface area contributed by atoms with Crippen LogP contribution in [-0.2, 0) is 24.2 Å². The second kappa shape index (κ2) is 8.53. The second-order valence-corrected chi connectivity index (χ2v) is 8.67. The van der Waals surface area contributed by atoms with Gasteiger partial charge in [-0.2, -0.15) is 0 Å². The molecule has 0 saturated carbocycles. The van der Waals surface area contributed by atoms with Gasteiger partial charge in [0.2, 0.25) is 0 Å². The number of ether oxygens (including phenoxy) is 2. The van der Waals surface area contributed by atoms with E-state index in [1.54, 1.807) is 18.0 Å². The minimum absolute atomic E-state index is 0.0484. The molecule has 0 N–H and O–H groups in total. The fraction of sp³-hybridized carbons (Fsp3) is 0.308. The van der Waals surface area contributed by atoms with Crippen molar-refractivity contribution in [2.75, 3.05) is 13.7 Å². The molecule has 1 atom stereocenters. The predicted octanol–water partition coefficient (Wildman–Crippen LogP) is 3.72. The van der Waals surface area contributed by atoms with Gasteiger partial charge in [0.15, 0.2) is 11.3 Å². The molecule has 0 spiro atoms. The van der Waals surface area contributed by atoms with E-state index in [4.69, 9.17) is 24.4 Å². The number of para-hydroxylation sites is 2. The van der Waals surface area contributed by atoms with Crippen LogP contribution in [0.4, 0.5) is 0 Å². The summed E-state index contributed by atoms with van der Waals surface area (Å²) in [5.41, 5.74) is 4.52. The standard InChI is InChI=1S/C26H25N5O3/c1-33-18-10-8-17(9-11-18)12-13-31-24-22(23-25(31)29-21-7-3-2-6-20(21)28-23)26(32)30(16-27-24)15-19-5-4-14-34-19/h2-3,6-11,16,19H,4-5,12-15H2,1H3/t19-/m1/s1. The molecule has 2 aromatic carbocycles. The van der Waals surface area contributed by atoms with E-state index in [1.165, 1.54) is 0 Å². The lowest BCUT2D eigenvalue weighted by molar-refractivity contribution is 0.0960. The molecule has 0 unspecified atom stereocenters. The van der Waals surface area contributed by atoms with Gasteiger partial charge in [-0.1, -0.05) is 24.3 Å². The normalized spacial score (nSPS) is 16.1. The van der Waals surface area contributed by atoms with E-state index in [2.05, 4.69) is 12.1 Å². The Morgan fingerprint density at radius 2 is 1.85 bits per heavy atom. The quantitative estimate of drug-likeness (QED) is 0.388. The van der Waals surface area contributed by atoms with Crippen molar-refractivity contribution in [1.82, 2.24) is 24.1 Å². The summed E-state index contributed by atoms with van der Waals surface area (Å²) in [6, 6.07) is 15.7. The molecular formula is C26H25N5O3. The fourth-order valence-electron chi connectivity index (χ4n) is 4.72. The largest absolute Gasteiger partial charge is 0.497 e. The molecule has 3 aromatic heterocycles. The first kappa shape index (κ1) is 20.8. The lowest BCUT2D eigenvalue weighted by atomic mass is 10.1. The van der Waals surface area contributed by atoms with Gasteiger partial charge < -0.3 is 14.0 Å². The average molecular weight is 456 g/mol. The molecule has 8 nitrogen and oxygen atoms in total. The van der Waals surface area contributed by atoms with Gasteiger partial charge in [-0.25, -0.2) is 15.0 Å². The number of benzene rings is 2. The summed E-state index contributed by atoms with van der Waals surface area (Å²) in [7, 11) is 1.66. The number of aromatic nitrogens is 5. The Hall–Kier alpha value is -3.78. The lowest BCUT2D eigenvalue weighted by Crippen LogP contribution is -2.26. The van der Waals surface area contributed by atoms with Gasteiger partial charge in [-0.3, -0.25) is 9.36 Å². The number of hydrogen-bond donors (Lipinski definition) is 0. The van der Waals surface area contributed by atoms with Crippen LogP contribution in [-0.4, -0.2) is 43.9 Å². The molecule has 0 amide bonds. The highest BCUT2D eigenvalue weighted by atomic mass is 16.5. The molecule has 1 aliphatic heterocycles. The Morgan fingerprint density at radius 3 is 2.59 bits per heavy atom. The van der Waals surface area contributed by atoms with Crippen molar-refractivity contribution in [2.24, 2.45) is 0 Å². The van der Waals surface area contributed by atoms with E-state index >= 15 is 0 Å². The van der Waals surface area contributed by atoms with Crippen LogP contribution >= 0.6 is 0 Å². The number of rotatable bonds is 6. The van der Waals surface area contributed by atoms with E-state index in [-0.39, 0.29) is 11.7 Å². The van der Waals surface area contributed by atoms with Gasteiger partial charge in [-0.15, -0.1) is 0 Å². The zero-order valence-corrected chi connectivity index (χ0v) is 19.0. The van der Waals surface area contributed by atoms with Crippen LogP contribution in [0, 0.1) is 0 Å². The van der Waals surface area contributed by atoms with Crippen molar-refractivity contribution in [3.63, 3.8) is 0 Å². The predicted molar refractivity (Wildman–Crippen MR) is 130 cm³/mol. The average Bonchev–Trinajstić information content (AvgIpc) is 3.49. The molecule has 5 aromatic rings. The third-order valence-electron chi connectivity index (χ3n) is 6.53. The van der Waals surface area contributed by atoms with Gasteiger partial charge in [0, 0.05) is 13.2 Å². The maximum atomic E-state index is 13.6. The molecule has 6 rings (SSSR count). The summed E-state index contributed by atoms with van der Waals surface area (Å²) in [6.45, 7) is 1.88. The van der Waals surface area contributed by atoms with Crippen LogP contribution < -0.4 is 10.3 Å². The van der Waals surface area contributed by atoms with Crippen molar-refractivity contribution >= 4 is 33.2 Å². The summed E-state index contributed by atoms with van der Waals surface area (Å²) in [6.07, 6.45) is 4.43. The van der Waals surface area contributed by atoms with Gasteiger partial charge in [-0.05, 0) is 49.1 Å². The molecule has 172 valence electrons. The van der Waals surface area contributed by atoms with Crippen LogP contribution in [0.2, 0.25) is 0 Å². The summed E-state index contributed by atoms with van der Waals surface area (Å²) in [4.78, 5) is 28.1. The van der Waals surface area contributed by atoms with Gasteiger partial charge in [0.1, 0.15) is 16.7 Å². The zero-order chi connectivity index (χ0) is 23.1. The van der Waals surface area contributed by atoms with Gasteiger partial charge >= 0.3 is 0 Å². The maximum absolute atomic E-state index is 13.6. The first-order valence-corrected chi connectivity index (χ1v) is 11.6. The van der Waals surface area contributed by atoms with E-state index in [0.717, 1.165) is 48.2 Å². The van der Waals surface area contributed by atoms with Crippen molar-refractivity contribution in [1.29, 1.82) is 0 Å². The maximum Gasteiger partial charge on any atom is 0.265 e. The topological polar surface area (TPSA) is 84.1 Å². The van der Waals surface area contributed by atoms with Gasteiger partial charge in [0.25, 0.3) is 5.56 Å². The number of hydrogen-bond acceptors (Lipinski definition) is 6. The van der Waals surface area contributed by atoms with Crippen LogP contribution in [0.5, 0.6) is 5.75 Å². The molecular weight excluding hydrogens is 430 g/mol. The first-order chi connectivity index (χ1) is 16.7. The molecule has 4 heterocycles. The van der Waals surface area contributed by atoms with Gasteiger partial charge in [0.05, 0.1) is 37.1 Å². The van der Waals surface area contributed by atoms with E-state index in [1.807, 2.05) is 41.0 Å². The van der Waals surface area contributed by atoms with Crippen molar-refractivity contribution in [3.8, 4) is 5.75 Å². The molecule has 0 bridgehead atoms. The Morgan fingerprint density at radius 1 is 1.06 bits per heavy atom. The number of nitrogens with zero attached hydrogens (tertiary/aromatic N) is 5. The SMILES string of the molecule is COc1ccc(CCn2c3nc4ccccc4nc3c3c(=O)n(C[C@H]4CCCO4)cnc32)cc1. The number of aryl methyl sites for hydroxylation is 2. The zero-order valence-electron chi connectivity index (χ0n) is 19.0. The number of fused-ring (bicyclic) bond motifs is 4. The summed E-state index contributed by atoms with van der Waals surface area (Å²) < 4.78 is 14.7. The first-order valence-electron chi connectivity index (χ1n) is 11.6. The molecule has 8 heteroatoms. The monoisotopic (exact) mass is 455 g/mol. The minimum Gasteiger partial charge on any atom is -0.497 e. The lowest BCUT2D eigenvalue weighted by Gasteiger charge is -2.11. The van der Waals surface area contributed by atoms with Crippen LogP contribution in [0.3, 0.4) is 0 Å². The van der Waals surface area contributed by atoms with E-state index in [0.29, 0.717) is 35.3 Å². The molecule has 1 aliphatic rings. The Bertz CT molecular complexity index is 1550. The third-order valence-corrected chi connectivity index (χ3v) is 6.53. The van der Waals surface area contributed by atoms with E-state index < -0.39 is 0 Å². The Balaban J connectivity index is 1.49. The van der Waals surface area contributed by atoms with E-state index in [9.17, 15) is 4.79 Å². The van der Waals surface area contributed by atoms with Crippen molar-refractivity contribution in [2.45, 2.75) is 38.5 Å². The Labute approximate surface area is 195 Å². The van der Waals surface area contributed by atoms with Crippen molar-refractivity contribution in [3.05, 3.63) is 70.8 Å². The van der Waals surface area contributed by atoms with Crippen LogP contribution in [0.15, 0.2) is 59.7 Å². The van der Waals surface area contributed by atoms with Crippen LogP contribution in [0.1, 0.15) is 18.4 Å². The highest BCUT2D eigenvalue weighted by Crippen LogP contribution is 2.26. The smallest absolute Gasteiger partial charge is 0.265 e. The summed E-state index contributed by atoms with van der Waals surface area (Å²) in [5.74, 6) is 0.825. The molecule has 34 heavy (non-hydrogen) atoms. The summed E-state index contributed by atoms with van der Waals surface area (Å²) in [5, 5.41) is 0.517. The molecule has 0 radical (unpaired) electrons. The highest BCUT2D eigenvalue weighted by molar-refractivity contribution is 6.04. The van der Waals surface area contributed by atoms with Crippen molar-refractivity contribution < 1.29 is 9.47 Å². The minimum atomic E-state index is -0.0988. The summed E-state index contributed by atoms with van der Waals surface area (Å²) >= 11 is 0. The fourth-order valence-corrected chi connectivity index (χ4v) is 4.72. The molecule has 1 fully saturated rings. The molecule has 0 aliphatic carbocycles. The second-order valence-electron chi connectivity index (χ2n) is 8.67. The number of methoxy groups -OCH3 is 1.